The number of carbonyl (C=O) groups excluding carboxylic acids is 1. The highest BCUT2D eigenvalue weighted by molar-refractivity contribution is 6.03. The van der Waals surface area contributed by atoms with Crippen molar-refractivity contribution in [1.29, 1.82) is 0 Å². The van der Waals surface area contributed by atoms with Gasteiger partial charge >= 0.3 is 0 Å². The SMILES string of the molecule is COc1ccc(Nc2ccc(C(=O)Nc3ccc(F)cc3F)nc2)cc1. The van der Waals surface area contributed by atoms with Crippen LogP contribution in [0, 0.1) is 11.6 Å². The number of methoxy groups -OCH3 is 1. The maximum absolute atomic E-state index is 13.6. The van der Waals surface area contributed by atoms with E-state index in [0.29, 0.717) is 11.8 Å². The second kappa shape index (κ2) is 7.60. The molecular formula is C19H15F2N3O2. The molecule has 2 aromatic carbocycles. The third-order valence-electron chi connectivity index (χ3n) is 3.55. The molecule has 3 rings (SSSR count). The summed E-state index contributed by atoms with van der Waals surface area (Å²) in [6.45, 7) is 0. The van der Waals surface area contributed by atoms with E-state index in [1.807, 2.05) is 24.3 Å². The zero-order valence-electron chi connectivity index (χ0n) is 13.8. The highest BCUT2D eigenvalue weighted by Crippen LogP contribution is 2.20. The van der Waals surface area contributed by atoms with Gasteiger partial charge in [-0.15, -0.1) is 0 Å². The molecule has 0 saturated carbocycles. The van der Waals surface area contributed by atoms with E-state index in [1.54, 1.807) is 13.2 Å². The molecule has 132 valence electrons. The van der Waals surface area contributed by atoms with Crippen molar-refractivity contribution in [2.45, 2.75) is 0 Å². The fourth-order valence-corrected chi connectivity index (χ4v) is 2.22. The largest absolute Gasteiger partial charge is 0.497 e. The lowest BCUT2D eigenvalue weighted by Gasteiger charge is -2.09. The first-order valence-corrected chi connectivity index (χ1v) is 7.69. The van der Waals surface area contributed by atoms with Crippen molar-refractivity contribution in [2.24, 2.45) is 0 Å². The van der Waals surface area contributed by atoms with Gasteiger partial charge in [-0.3, -0.25) is 4.79 Å². The Hall–Kier alpha value is -3.48. The quantitative estimate of drug-likeness (QED) is 0.714. The number of halogens is 2. The second-order valence-corrected chi connectivity index (χ2v) is 5.36. The lowest BCUT2D eigenvalue weighted by atomic mass is 10.2. The topological polar surface area (TPSA) is 63.2 Å². The van der Waals surface area contributed by atoms with E-state index in [-0.39, 0.29) is 11.4 Å². The van der Waals surface area contributed by atoms with Crippen molar-refractivity contribution in [2.75, 3.05) is 17.7 Å². The molecule has 7 heteroatoms. The van der Waals surface area contributed by atoms with Crippen molar-refractivity contribution in [3.8, 4) is 5.75 Å². The number of nitrogens with one attached hydrogen (secondary N) is 2. The number of ether oxygens (including phenoxy) is 1. The van der Waals surface area contributed by atoms with Crippen molar-refractivity contribution >= 4 is 23.0 Å². The molecule has 0 fully saturated rings. The Balaban J connectivity index is 1.67. The van der Waals surface area contributed by atoms with Gasteiger partial charge in [0.2, 0.25) is 0 Å². The molecule has 0 atom stereocenters. The standard InChI is InChI=1S/C19H15F2N3O2/c1-26-15-6-3-13(4-7-15)23-14-5-9-18(22-11-14)19(25)24-17-8-2-12(20)10-16(17)21/h2-11,23H,1H3,(H,24,25). The smallest absolute Gasteiger partial charge is 0.274 e. The minimum Gasteiger partial charge on any atom is -0.497 e. The van der Waals surface area contributed by atoms with E-state index >= 15 is 0 Å². The Morgan fingerprint density at radius 3 is 2.35 bits per heavy atom. The molecule has 0 radical (unpaired) electrons. The number of hydrogen-bond donors (Lipinski definition) is 2. The molecule has 0 spiro atoms. The lowest BCUT2D eigenvalue weighted by Crippen LogP contribution is -2.14. The van der Waals surface area contributed by atoms with Gasteiger partial charge in [0.25, 0.3) is 5.91 Å². The van der Waals surface area contributed by atoms with Gasteiger partial charge in [-0.25, -0.2) is 13.8 Å². The lowest BCUT2D eigenvalue weighted by molar-refractivity contribution is 0.102. The summed E-state index contributed by atoms with van der Waals surface area (Å²) >= 11 is 0. The van der Waals surface area contributed by atoms with Crippen LogP contribution >= 0.6 is 0 Å². The Labute approximate surface area is 148 Å². The summed E-state index contributed by atoms with van der Waals surface area (Å²) in [7, 11) is 1.59. The molecule has 2 N–H and O–H groups in total. The number of pyridine rings is 1. The van der Waals surface area contributed by atoms with E-state index < -0.39 is 17.5 Å². The number of aromatic nitrogens is 1. The fourth-order valence-electron chi connectivity index (χ4n) is 2.22. The van der Waals surface area contributed by atoms with E-state index in [0.717, 1.165) is 23.6 Å². The molecule has 0 aliphatic rings. The molecule has 3 aromatic rings. The van der Waals surface area contributed by atoms with Crippen LogP contribution in [0.1, 0.15) is 10.5 Å². The Morgan fingerprint density at radius 2 is 1.73 bits per heavy atom. The van der Waals surface area contributed by atoms with Crippen molar-refractivity contribution < 1.29 is 18.3 Å². The predicted molar refractivity (Wildman–Crippen MR) is 94.8 cm³/mol. The maximum Gasteiger partial charge on any atom is 0.274 e. The van der Waals surface area contributed by atoms with Crippen LogP contribution in [0.2, 0.25) is 0 Å². The van der Waals surface area contributed by atoms with Gasteiger partial charge in [0.05, 0.1) is 24.7 Å². The second-order valence-electron chi connectivity index (χ2n) is 5.36. The molecule has 5 nitrogen and oxygen atoms in total. The van der Waals surface area contributed by atoms with Crippen LogP contribution in [-0.2, 0) is 0 Å². The van der Waals surface area contributed by atoms with Crippen molar-refractivity contribution in [1.82, 2.24) is 4.98 Å². The van der Waals surface area contributed by atoms with Crippen LogP contribution in [0.15, 0.2) is 60.8 Å². The van der Waals surface area contributed by atoms with Crippen molar-refractivity contribution in [3.05, 3.63) is 78.1 Å². The van der Waals surface area contributed by atoms with Gasteiger partial charge in [-0.05, 0) is 48.5 Å². The number of anilines is 3. The van der Waals surface area contributed by atoms with Crippen LogP contribution in [0.4, 0.5) is 25.8 Å². The molecule has 1 heterocycles. The van der Waals surface area contributed by atoms with E-state index in [4.69, 9.17) is 4.74 Å². The summed E-state index contributed by atoms with van der Waals surface area (Å²) in [6, 6.07) is 13.4. The predicted octanol–water partition coefficient (Wildman–Crippen LogP) is 4.36. The Bertz CT molecular complexity index is 913. The molecule has 0 unspecified atom stereocenters. The normalized spacial score (nSPS) is 10.3. The molecule has 0 aliphatic carbocycles. The van der Waals surface area contributed by atoms with Gasteiger partial charge in [0.15, 0.2) is 0 Å². The first-order valence-electron chi connectivity index (χ1n) is 7.69. The molecule has 0 bridgehead atoms. The minimum absolute atomic E-state index is 0.106. The zero-order chi connectivity index (χ0) is 18.5. The third-order valence-corrected chi connectivity index (χ3v) is 3.55. The average molecular weight is 355 g/mol. The zero-order valence-corrected chi connectivity index (χ0v) is 13.8. The molecule has 1 aromatic heterocycles. The first kappa shape index (κ1) is 17.3. The van der Waals surface area contributed by atoms with E-state index in [1.165, 1.54) is 12.3 Å². The van der Waals surface area contributed by atoms with Crippen LogP contribution < -0.4 is 15.4 Å². The van der Waals surface area contributed by atoms with Crippen molar-refractivity contribution in [3.63, 3.8) is 0 Å². The summed E-state index contributed by atoms with van der Waals surface area (Å²) in [5.41, 5.74) is 1.51. The summed E-state index contributed by atoms with van der Waals surface area (Å²) in [5, 5.41) is 5.49. The monoisotopic (exact) mass is 355 g/mol. The summed E-state index contributed by atoms with van der Waals surface area (Å²) in [5.74, 6) is -1.41. The van der Waals surface area contributed by atoms with Crippen LogP contribution in [0.25, 0.3) is 0 Å². The number of hydrogen-bond acceptors (Lipinski definition) is 4. The number of nitrogens with zero attached hydrogens (tertiary/aromatic N) is 1. The molecule has 0 aliphatic heterocycles. The highest BCUT2D eigenvalue weighted by atomic mass is 19.1. The molecule has 0 saturated heterocycles. The maximum atomic E-state index is 13.6. The van der Waals surface area contributed by atoms with E-state index in [2.05, 4.69) is 15.6 Å². The van der Waals surface area contributed by atoms with Crippen LogP contribution in [0.3, 0.4) is 0 Å². The third kappa shape index (κ3) is 4.13. The van der Waals surface area contributed by atoms with Crippen LogP contribution in [0.5, 0.6) is 5.75 Å². The Morgan fingerprint density at radius 1 is 1.00 bits per heavy atom. The fraction of sp³-hybridized carbons (Fsp3) is 0.0526. The summed E-state index contributed by atoms with van der Waals surface area (Å²) in [4.78, 5) is 16.2. The average Bonchev–Trinajstić information content (AvgIpc) is 2.65. The van der Waals surface area contributed by atoms with Gasteiger partial charge in [0.1, 0.15) is 23.1 Å². The number of carbonyl (C=O) groups is 1. The van der Waals surface area contributed by atoms with Gasteiger partial charge < -0.3 is 15.4 Å². The number of amides is 1. The molecule has 26 heavy (non-hydrogen) atoms. The Kier molecular flexibility index (Phi) is 5.07. The molecule has 1 amide bonds. The first-order chi connectivity index (χ1) is 12.5. The number of benzene rings is 2. The van der Waals surface area contributed by atoms with Gasteiger partial charge in [0, 0.05) is 11.8 Å². The van der Waals surface area contributed by atoms with Gasteiger partial charge in [-0.1, -0.05) is 0 Å². The summed E-state index contributed by atoms with van der Waals surface area (Å²) in [6.07, 6.45) is 1.49. The van der Waals surface area contributed by atoms with Gasteiger partial charge in [-0.2, -0.15) is 0 Å². The van der Waals surface area contributed by atoms with Crippen LogP contribution in [-0.4, -0.2) is 18.0 Å². The number of rotatable bonds is 5. The summed E-state index contributed by atoms with van der Waals surface area (Å²) < 4.78 is 31.6. The van der Waals surface area contributed by atoms with E-state index in [9.17, 15) is 13.6 Å². The minimum atomic E-state index is -0.851. The molecular weight excluding hydrogens is 340 g/mol. The highest BCUT2D eigenvalue weighted by Gasteiger charge is 2.11.